The highest BCUT2D eigenvalue weighted by Crippen LogP contribution is 2.37. The minimum Gasteiger partial charge on any atom is -0.387 e. The number of rotatable bonds is 4. The van der Waals surface area contributed by atoms with E-state index >= 15 is 0 Å². The van der Waals surface area contributed by atoms with E-state index in [0.29, 0.717) is 12.6 Å². The summed E-state index contributed by atoms with van der Waals surface area (Å²) in [7, 11) is 0. The molecule has 1 aromatic carbocycles. The van der Waals surface area contributed by atoms with Crippen molar-refractivity contribution in [3.8, 4) is 0 Å². The van der Waals surface area contributed by atoms with Crippen molar-refractivity contribution in [2.75, 3.05) is 26.3 Å². The predicted octanol–water partition coefficient (Wildman–Crippen LogP) is 1.97. The molecule has 0 radical (unpaired) electrons. The Bertz CT molecular complexity index is 419. The van der Waals surface area contributed by atoms with Crippen LogP contribution < -0.4 is 0 Å². The summed E-state index contributed by atoms with van der Waals surface area (Å²) in [4.78, 5) is 2.33. The fraction of sp³-hybridized carbons (Fsp3) is 0.600. The van der Waals surface area contributed by atoms with Gasteiger partial charge in [-0.05, 0) is 36.5 Å². The van der Waals surface area contributed by atoms with Crippen molar-refractivity contribution >= 4 is 0 Å². The lowest BCUT2D eigenvalue weighted by Crippen LogP contribution is -2.48. The van der Waals surface area contributed by atoms with Gasteiger partial charge in [0.25, 0.3) is 0 Å². The topological polar surface area (TPSA) is 32.7 Å². The van der Waals surface area contributed by atoms with E-state index in [-0.39, 0.29) is 5.82 Å². The number of nitrogens with zero attached hydrogens (tertiary/aromatic N) is 1. The van der Waals surface area contributed by atoms with E-state index in [0.717, 1.165) is 31.2 Å². The average molecular weight is 265 g/mol. The molecule has 1 N–H and O–H groups in total. The van der Waals surface area contributed by atoms with Crippen LogP contribution in [0.1, 0.15) is 24.5 Å². The largest absolute Gasteiger partial charge is 0.387 e. The van der Waals surface area contributed by atoms with E-state index < -0.39 is 6.10 Å². The SMILES string of the molecule is OC(CN1CCOCC1C1CC1)c1ccc(F)cc1. The summed E-state index contributed by atoms with van der Waals surface area (Å²) in [5.74, 6) is 0.471. The van der Waals surface area contributed by atoms with Crippen LogP contribution in [-0.2, 0) is 4.74 Å². The molecule has 3 rings (SSSR count). The molecule has 0 bridgehead atoms. The Labute approximate surface area is 113 Å². The van der Waals surface area contributed by atoms with E-state index in [1.54, 1.807) is 12.1 Å². The number of aliphatic hydroxyl groups excluding tert-OH is 1. The maximum atomic E-state index is 12.9. The molecule has 0 aromatic heterocycles. The predicted molar refractivity (Wildman–Crippen MR) is 70.3 cm³/mol. The molecule has 0 spiro atoms. The standard InChI is InChI=1S/C15H20FNO2/c16-13-5-3-12(4-6-13)15(18)9-17-7-8-19-10-14(17)11-1-2-11/h3-6,11,14-15,18H,1-2,7-10H2. The first-order valence-corrected chi connectivity index (χ1v) is 6.99. The van der Waals surface area contributed by atoms with Crippen molar-refractivity contribution in [1.82, 2.24) is 4.90 Å². The van der Waals surface area contributed by atoms with Crippen LogP contribution in [0.2, 0.25) is 0 Å². The molecule has 1 aliphatic heterocycles. The molecule has 1 aromatic rings. The summed E-state index contributed by atoms with van der Waals surface area (Å²) in [6.07, 6.45) is 1.99. The fourth-order valence-electron chi connectivity index (χ4n) is 2.81. The van der Waals surface area contributed by atoms with Crippen LogP contribution >= 0.6 is 0 Å². The Morgan fingerprint density at radius 2 is 2.05 bits per heavy atom. The minimum absolute atomic E-state index is 0.266. The van der Waals surface area contributed by atoms with Crippen molar-refractivity contribution < 1.29 is 14.2 Å². The van der Waals surface area contributed by atoms with Crippen LogP contribution in [0.4, 0.5) is 4.39 Å². The zero-order chi connectivity index (χ0) is 13.2. The first kappa shape index (κ1) is 13.0. The van der Waals surface area contributed by atoms with Crippen molar-refractivity contribution in [2.45, 2.75) is 25.0 Å². The van der Waals surface area contributed by atoms with Gasteiger partial charge in [0, 0.05) is 19.1 Å². The number of hydrogen-bond acceptors (Lipinski definition) is 3. The smallest absolute Gasteiger partial charge is 0.123 e. The molecule has 19 heavy (non-hydrogen) atoms. The summed E-state index contributed by atoms with van der Waals surface area (Å²) in [5.41, 5.74) is 0.780. The Morgan fingerprint density at radius 1 is 1.32 bits per heavy atom. The molecule has 2 atom stereocenters. The molecule has 104 valence electrons. The first-order chi connectivity index (χ1) is 9.24. The fourth-order valence-corrected chi connectivity index (χ4v) is 2.81. The molecule has 2 fully saturated rings. The second kappa shape index (κ2) is 5.57. The van der Waals surface area contributed by atoms with Gasteiger partial charge in [0.1, 0.15) is 5.82 Å². The molecule has 1 saturated heterocycles. The molecular formula is C15H20FNO2. The van der Waals surface area contributed by atoms with E-state index in [9.17, 15) is 9.50 Å². The maximum Gasteiger partial charge on any atom is 0.123 e. The first-order valence-electron chi connectivity index (χ1n) is 6.99. The summed E-state index contributed by atoms with van der Waals surface area (Å²) in [6.45, 7) is 3.00. The number of β-amino-alcohol motifs (C(OH)–C–C–N with tert-alkyl or cyclic N) is 1. The highest BCUT2D eigenvalue weighted by atomic mass is 19.1. The van der Waals surface area contributed by atoms with Gasteiger partial charge in [-0.3, -0.25) is 4.90 Å². The highest BCUT2D eigenvalue weighted by molar-refractivity contribution is 5.18. The summed E-state index contributed by atoms with van der Waals surface area (Å²) in [6, 6.07) is 6.56. The minimum atomic E-state index is -0.556. The molecule has 1 heterocycles. The van der Waals surface area contributed by atoms with Gasteiger partial charge >= 0.3 is 0 Å². The van der Waals surface area contributed by atoms with E-state index in [1.807, 2.05) is 0 Å². The Balaban J connectivity index is 1.63. The third-order valence-electron chi connectivity index (χ3n) is 4.11. The van der Waals surface area contributed by atoms with E-state index in [2.05, 4.69) is 4.90 Å². The molecule has 1 saturated carbocycles. The van der Waals surface area contributed by atoms with Crippen molar-refractivity contribution in [1.29, 1.82) is 0 Å². The van der Waals surface area contributed by atoms with Crippen molar-refractivity contribution in [3.63, 3.8) is 0 Å². The number of ether oxygens (including phenoxy) is 1. The van der Waals surface area contributed by atoms with E-state index in [1.165, 1.54) is 25.0 Å². The summed E-state index contributed by atoms with van der Waals surface area (Å²) < 4.78 is 18.4. The van der Waals surface area contributed by atoms with Gasteiger partial charge in [-0.1, -0.05) is 12.1 Å². The summed E-state index contributed by atoms with van der Waals surface area (Å²) >= 11 is 0. The Kier molecular flexibility index (Phi) is 3.82. The lowest BCUT2D eigenvalue weighted by atomic mass is 10.1. The number of benzene rings is 1. The van der Waals surface area contributed by atoms with Crippen LogP contribution in [-0.4, -0.2) is 42.4 Å². The van der Waals surface area contributed by atoms with Crippen LogP contribution in [0.5, 0.6) is 0 Å². The van der Waals surface area contributed by atoms with Gasteiger partial charge in [-0.25, -0.2) is 4.39 Å². The monoisotopic (exact) mass is 265 g/mol. The number of halogens is 1. The summed E-state index contributed by atoms with van der Waals surface area (Å²) in [5, 5.41) is 10.3. The third kappa shape index (κ3) is 3.14. The Morgan fingerprint density at radius 3 is 2.74 bits per heavy atom. The van der Waals surface area contributed by atoms with Crippen LogP contribution in [0.15, 0.2) is 24.3 Å². The molecule has 2 unspecified atom stereocenters. The average Bonchev–Trinajstić information content (AvgIpc) is 3.24. The van der Waals surface area contributed by atoms with Crippen LogP contribution in [0, 0.1) is 11.7 Å². The van der Waals surface area contributed by atoms with Crippen LogP contribution in [0.3, 0.4) is 0 Å². The number of morpholine rings is 1. The third-order valence-corrected chi connectivity index (χ3v) is 4.11. The second-order valence-electron chi connectivity index (χ2n) is 5.54. The quantitative estimate of drug-likeness (QED) is 0.903. The zero-order valence-electron chi connectivity index (χ0n) is 11.0. The van der Waals surface area contributed by atoms with Gasteiger partial charge in [-0.15, -0.1) is 0 Å². The number of hydrogen-bond donors (Lipinski definition) is 1. The van der Waals surface area contributed by atoms with E-state index in [4.69, 9.17) is 4.74 Å². The normalized spacial score (nSPS) is 26.3. The van der Waals surface area contributed by atoms with Gasteiger partial charge in [0.05, 0.1) is 19.3 Å². The highest BCUT2D eigenvalue weighted by Gasteiger charge is 2.37. The van der Waals surface area contributed by atoms with Crippen LogP contribution in [0.25, 0.3) is 0 Å². The Hall–Kier alpha value is -0.970. The lowest BCUT2D eigenvalue weighted by Gasteiger charge is -2.37. The van der Waals surface area contributed by atoms with Gasteiger partial charge < -0.3 is 9.84 Å². The van der Waals surface area contributed by atoms with Crippen molar-refractivity contribution in [2.24, 2.45) is 5.92 Å². The van der Waals surface area contributed by atoms with Gasteiger partial charge in [0.2, 0.25) is 0 Å². The van der Waals surface area contributed by atoms with Crippen molar-refractivity contribution in [3.05, 3.63) is 35.6 Å². The maximum absolute atomic E-state index is 12.9. The van der Waals surface area contributed by atoms with Gasteiger partial charge in [-0.2, -0.15) is 0 Å². The van der Waals surface area contributed by atoms with Gasteiger partial charge in [0.15, 0.2) is 0 Å². The molecule has 2 aliphatic rings. The molecule has 3 nitrogen and oxygen atoms in total. The molecule has 1 aliphatic carbocycles. The second-order valence-corrected chi connectivity index (χ2v) is 5.54. The molecule has 4 heteroatoms. The molecule has 0 amide bonds. The lowest BCUT2D eigenvalue weighted by molar-refractivity contribution is -0.0340. The molecular weight excluding hydrogens is 245 g/mol. The number of aliphatic hydroxyl groups is 1. The zero-order valence-corrected chi connectivity index (χ0v) is 11.0.